The summed E-state index contributed by atoms with van der Waals surface area (Å²) in [6, 6.07) is 7.15. The van der Waals surface area contributed by atoms with E-state index in [-0.39, 0.29) is 46.4 Å². The molecule has 8 heteroatoms. The molecule has 1 amide bonds. The van der Waals surface area contributed by atoms with E-state index in [1.54, 1.807) is 11.9 Å². The topological polar surface area (TPSA) is 96.2 Å². The number of carbonyl (C=O) groups excluding carboxylic acids is 1. The number of phenolic OH excluding ortho intramolecular Hbond substituents is 1. The van der Waals surface area contributed by atoms with E-state index < -0.39 is 5.41 Å². The lowest BCUT2D eigenvalue weighted by Gasteiger charge is -2.60. The highest BCUT2D eigenvalue weighted by molar-refractivity contribution is 5.94. The molecule has 40 heavy (non-hydrogen) atoms. The standard InChI is InChI=1S/C32H35N3O5/c1-18-4-5-20(14-19(18)2)8-11-28(37)33(3)24-10-9-23-26-15-22-25(35(38)39)16-27(36)30-29(22)32(23,31(24)40-30)12-13-34(26)17-21-6-7-21/h4-5,14,16,21,23-24,26,31,36H,6-7,9-10,12-13,15,17H2,1-3H3/t23-,24+,26+,31-,32-/m0/s1. The summed E-state index contributed by atoms with van der Waals surface area (Å²) in [7, 11) is 1.79. The molecule has 5 aliphatic rings. The first kappa shape index (κ1) is 25.4. The van der Waals surface area contributed by atoms with Gasteiger partial charge in [0.05, 0.1) is 17.0 Å². The molecule has 0 radical (unpaired) electrons. The van der Waals surface area contributed by atoms with Crippen LogP contribution in [0.15, 0.2) is 24.3 Å². The van der Waals surface area contributed by atoms with Crippen molar-refractivity contribution in [3.63, 3.8) is 0 Å². The van der Waals surface area contributed by atoms with E-state index in [1.807, 2.05) is 32.0 Å². The molecule has 2 bridgehead atoms. The number of ether oxygens (including phenoxy) is 1. The fourth-order valence-electron chi connectivity index (χ4n) is 8.27. The van der Waals surface area contributed by atoms with E-state index in [2.05, 4.69) is 16.7 Å². The summed E-state index contributed by atoms with van der Waals surface area (Å²) in [5, 5.41) is 23.1. The van der Waals surface area contributed by atoms with Crippen LogP contribution in [0.4, 0.5) is 5.69 Å². The van der Waals surface area contributed by atoms with E-state index in [4.69, 9.17) is 4.74 Å². The van der Waals surface area contributed by atoms with Crippen LogP contribution in [0, 0.1) is 47.6 Å². The lowest BCUT2D eigenvalue weighted by Crippen LogP contribution is -2.69. The van der Waals surface area contributed by atoms with Crippen LogP contribution in [0.5, 0.6) is 11.5 Å². The van der Waals surface area contributed by atoms with Gasteiger partial charge in [0.1, 0.15) is 6.10 Å². The van der Waals surface area contributed by atoms with E-state index in [0.717, 1.165) is 55.0 Å². The second-order valence-corrected chi connectivity index (χ2v) is 12.6. The molecule has 8 nitrogen and oxygen atoms in total. The Morgan fingerprint density at radius 2 is 2.02 bits per heavy atom. The quantitative estimate of drug-likeness (QED) is 0.353. The average molecular weight is 542 g/mol. The van der Waals surface area contributed by atoms with Crippen molar-refractivity contribution in [2.24, 2.45) is 11.8 Å². The summed E-state index contributed by atoms with van der Waals surface area (Å²) < 4.78 is 6.62. The number of rotatable bonds is 4. The van der Waals surface area contributed by atoms with Gasteiger partial charge in [-0.25, -0.2) is 0 Å². The number of phenols is 1. The van der Waals surface area contributed by atoms with Crippen molar-refractivity contribution >= 4 is 11.6 Å². The number of likely N-dealkylation sites (tertiary alicyclic amines) is 1. The number of hydrogen-bond donors (Lipinski definition) is 1. The number of hydrogen-bond acceptors (Lipinski definition) is 6. The molecular formula is C32H35N3O5. The Morgan fingerprint density at radius 1 is 1.23 bits per heavy atom. The van der Waals surface area contributed by atoms with Crippen LogP contribution in [0.25, 0.3) is 0 Å². The smallest absolute Gasteiger partial charge is 0.298 e. The number of nitro benzene ring substituents is 1. The minimum atomic E-state index is -0.462. The zero-order valence-corrected chi connectivity index (χ0v) is 23.3. The summed E-state index contributed by atoms with van der Waals surface area (Å²) in [6.45, 7) is 6.02. The average Bonchev–Trinajstić information content (AvgIpc) is 3.68. The van der Waals surface area contributed by atoms with Crippen LogP contribution in [-0.4, -0.2) is 64.1 Å². The molecule has 2 aromatic carbocycles. The molecule has 2 heterocycles. The highest BCUT2D eigenvalue weighted by Crippen LogP contribution is 2.65. The Kier molecular flexibility index (Phi) is 5.70. The summed E-state index contributed by atoms with van der Waals surface area (Å²) in [5.74, 6) is 6.81. The maximum Gasteiger partial charge on any atom is 0.298 e. The number of nitro groups is 1. The number of carbonyl (C=O) groups is 1. The fraction of sp³-hybridized carbons (Fsp3) is 0.531. The molecule has 0 aromatic heterocycles. The first-order valence-electron chi connectivity index (χ1n) is 14.5. The second kappa shape index (κ2) is 8.97. The normalized spacial score (nSPS) is 29.6. The molecule has 2 aromatic rings. The van der Waals surface area contributed by atoms with Gasteiger partial charge in [-0.1, -0.05) is 12.0 Å². The summed E-state index contributed by atoms with van der Waals surface area (Å²) in [6.07, 6.45) is 5.23. The third kappa shape index (κ3) is 3.67. The van der Waals surface area contributed by atoms with Crippen LogP contribution in [0.3, 0.4) is 0 Å². The molecule has 2 aliphatic heterocycles. The van der Waals surface area contributed by atoms with Gasteiger partial charge in [-0.3, -0.25) is 19.8 Å². The lowest BCUT2D eigenvalue weighted by atomic mass is 9.50. The van der Waals surface area contributed by atoms with Gasteiger partial charge in [-0.05, 0) is 94.0 Å². The molecule has 3 fully saturated rings. The van der Waals surface area contributed by atoms with Crippen LogP contribution in [-0.2, 0) is 16.6 Å². The van der Waals surface area contributed by atoms with Gasteiger partial charge in [0.2, 0.25) is 0 Å². The molecule has 5 atom stereocenters. The third-order valence-electron chi connectivity index (χ3n) is 10.5. The maximum atomic E-state index is 13.4. The Bertz CT molecular complexity index is 1500. The highest BCUT2D eigenvalue weighted by Gasteiger charge is 2.67. The van der Waals surface area contributed by atoms with Crippen LogP contribution >= 0.6 is 0 Å². The van der Waals surface area contributed by atoms with Crippen molar-refractivity contribution in [1.29, 1.82) is 0 Å². The first-order valence-corrected chi connectivity index (χ1v) is 14.5. The number of likely N-dealkylation sites (N-methyl/N-ethyl adjacent to an activating group) is 1. The Morgan fingerprint density at radius 3 is 2.75 bits per heavy atom. The summed E-state index contributed by atoms with van der Waals surface area (Å²) in [5.41, 5.74) is 4.19. The molecule has 2 saturated carbocycles. The number of piperidine rings is 1. The maximum absolute atomic E-state index is 13.4. The molecule has 7 rings (SSSR count). The SMILES string of the molecule is Cc1ccc(C#CC(=O)N(C)[C@@H]2CC[C@H]3[C@H]4Cc5c([N+](=O)[O-])cc(O)c6c5[C@@]3(CCN4CC3CC3)[C@H]2O6)cc1C. The minimum absolute atomic E-state index is 0.0117. The van der Waals surface area contributed by atoms with E-state index in [0.29, 0.717) is 17.7 Å². The molecule has 1 spiro atoms. The molecule has 0 unspecified atom stereocenters. The van der Waals surface area contributed by atoms with Crippen molar-refractivity contribution < 1.29 is 19.6 Å². The molecular weight excluding hydrogens is 506 g/mol. The van der Waals surface area contributed by atoms with Gasteiger partial charge >= 0.3 is 0 Å². The fourth-order valence-corrected chi connectivity index (χ4v) is 8.27. The van der Waals surface area contributed by atoms with Gasteiger partial charge in [0.15, 0.2) is 11.5 Å². The molecule has 1 N–H and O–H groups in total. The van der Waals surface area contributed by atoms with Gasteiger partial charge in [-0.15, -0.1) is 0 Å². The highest BCUT2D eigenvalue weighted by atomic mass is 16.6. The van der Waals surface area contributed by atoms with Crippen LogP contribution in [0.1, 0.15) is 59.9 Å². The van der Waals surface area contributed by atoms with Crippen molar-refractivity contribution in [2.45, 2.75) is 76.0 Å². The van der Waals surface area contributed by atoms with E-state index >= 15 is 0 Å². The van der Waals surface area contributed by atoms with Gasteiger partial charge in [0.25, 0.3) is 11.6 Å². The predicted octanol–water partition coefficient (Wildman–Crippen LogP) is 4.25. The Hall–Kier alpha value is -3.57. The lowest BCUT2D eigenvalue weighted by molar-refractivity contribution is -0.385. The predicted molar refractivity (Wildman–Crippen MR) is 149 cm³/mol. The Balaban J connectivity index is 1.26. The summed E-state index contributed by atoms with van der Waals surface area (Å²) >= 11 is 0. The van der Waals surface area contributed by atoms with E-state index in [9.17, 15) is 20.0 Å². The zero-order valence-electron chi connectivity index (χ0n) is 23.3. The minimum Gasteiger partial charge on any atom is -0.504 e. The third-order valence-corrected chi connectivity index (χ3v) is 10.5. The molecule has 208 valence electrons. The van der Waals surface area contributed by atoms with Gasteiger partial charge in [0, 0.05) is 47.7 Å². The van der Waals surface area contributed by atoms with Crippen molar-refractivity contribution in [1.82, 2.24) is 9.80 Å². The van der Waals surface area contributed by atoms with Gasteiger partial charge in [-0.2, -0.15) is 0 Å². The van der Waals surface area contributed by atoms with Crippen molar-refractivity contribution in [2.75, 3.05) is 20.1 Å². The number of benzene rings is 2. The van der Waals surface area contributed by atoms with Gasteiger partial charge < -0.3 is 14.7 Å². The number of amides is 1. The zero-order chi connectivity index (χ0) is 27.9. The number of nitrogens with zero attached hydrogens (tertiary/aromatic N) is 3. The first-order chi connectivity index (χ1) is 19.2. The molecule has 3 aliphatic carbocycles. The molecule has 1 saturated heterocycles. The second-order valence-electron chi connectivity index (χ2n) is 12.6. The largest absolute Gasteiger partial charge is 0.504 e. The summed E-state index contributed by atoms with van der Waals surface area (Å²) in [4.78, 5) is 29.5. The number of aryl methyl sites for hydroxylation is 2. The van der Waals surface area contributed by atoms with Crippen molar-refractivity contribution in [3.05, 3.63) is 62.2 Å². The number of aromatic hydroxyl groups is 1. The van der Waals surface area contributed by atoms with Crippen LogP contribution in [0.2, 0.25) is 0 Å². The Labute approximate surface area is 234 Å². The van der Waals surface area contributed by atoms with Crippen LogP contribution < -0.4 is 4.74 Å². The van der Waals surface area contributed by atoms with Crippen molar-refractivity contribution in [3.8, 4) is 23.3 Å². The van der Waals surface area contributed by atoms with E-state index in [1.165, 1.54) is 24.5 Å². The monoisotopic (exact) mass is 541 g/mol.